The molecule has 0 saturated heterocycles. The largest absolute Gasteiger partial charge is 0.256 e. The lowest BCUT2D eigenvalue weighted by molar-refractivity contribution is 0.642. The summed E-state index contributed by atoms with van der Waals surface area (Å²) in [6.07, 6.45) is 2.08. The van der Waals surface area contributed by atoms with Crippen molar-refractivity contribution in [2.24, 2.45) is 0 Å². The van der Waals surface area contributed by atoms with Gasteiger partial charge in [0.05, 0.1) is 13.8 Å². The molecule has 31 heavy (non-hydrogen) atoms. The van der Waals surface area contributed by atoms with Crippen LogP contribution in [0.4, 0.5) is 0 Å². The minimum absolute atomic E-state index is 0.152. The van der Waals surface area contributed by atoms with Gasteiger partial charge in [-0.15, -0.1) is 0 Å². The highest BCUT2D eigenvalue weighted by molar-refractivity contribution is 6.88. The van der Waals surface area contributed by atoms with E-state index in [-0.39, 0.29) is 5.41 Å². The first kappa shape index (κ1) is 21.3. The molecule has 0 aliphatic carbocycles. The molecule has 0 amide bonds. The maximum Gasteiger partial charge on any atom is 0.0796 e. The van der Waals surface area contributed by atoms with E-state index in [0.717, 1.165) is 5.69 Å². The van der Waals surface area contributed by atoms with Gasteiger partial charge in [0.25, 0.3) is 0 Å². The molecule has 3 aromatic carbocycles. The molecular weight excluding hydrogens is 390 g/mol. The van der Waals surface area contributed by atoms with Crippen LogP contribution in [0.1, 0.15) is 25.0 Å². The van der Waals surface area contributed by atoms with Gasteiger partial charge in [-0.3, -0.25) is 4.98 Å². The molecule has 2 heteroatoms. The van der Waals surface area contributed by atoms with Crippen LogP contribution in [0.25, 0.3) is 22.4 Å². The van der Waals surface area contributed by atoms with Gasteiger partial charge < -0.3 is 0 Å². The molecule has 0 radical (unpaired) electrons. The quantitative estimate of drug-likeness (QED) is 0.308. The number of rotatable bonds is 5. The number of nitrogens with zero attached hydrogens (tertiary/aromatic N) is 1. The zero-order valence-corrected chi connectivity index (χ0v) is 20.2. The van der Waals surface area contributed by atoms with Gasteiger partial charge in [-0.2, -0.15) is 0 Å². The Hall–Kier alpha value is -2.97. The molecule has 0 aliphatic heterocycles. The van der Waals surface area contributed by atoms with Crippen LogP contribution in [0.5, 0.6) is 0 Å². The van der Waals surface area contributed by atoms with E-state index in [4.69, 9.17) is 4.98 Å². The summed E-state index contributed by atoms with van der Waals surface area (Å²) in [5.41, 5.74) is 7.21. The third kappa shape index (κ3) is 4.40. The van der Waals surface area contributed by atoms with Gasteiger partial charge in [-0.25, -0.2) is 0 Å². The number of benzene rings is 3. The van der Waals surface area contributed by atoms with Crippen molar-refractivity contribution < 1.29 is 0 Å². The minimum atomic E-state index is -1.36. The van der Waals surface area contributed by atoms with Crippen LogP contribution in [0.3, 0.4) is 0 Å². The van der Waals surface area contributed by atoms with Crippen molar-refractivity contribution in [1.29, 1.82) is 0 Å². The van der Waals surface area contributed by atoms with E-state index in [2.05, 4.69) is 131 Å². The van der Waals surface area contributed by atoms with Gasteiger partial charge in [-0.05, 0) is 33.5 Å². The summed E-state index contributed by atoms with van der Waals surface area (Å²) in [6, 6.07) is 32.7. The molecule has 4 aromatic rings. The zero-order chi connectivity index (χ0) is 22.1. The first-order chi connectivity index (χ1) is 14.8. The fraction of sp³-hybridized carbons (Fsp3) is 0.207. The molecule has 0 bridgehead atoms. The van der Waals surface area contributed by atoms with Gasteiger partial charge in [0.1, 0.15) is 0 Å². The van der Waals surface area contributed by atoms with Crippen LogP contribution >= 0.6 is 0 Å². The van der Waals surface area contributed by atoms with Crippen molar-refractivity contribution in [2.75, 3.05) is 0 Å². The van der Waals surface area contributed by atoms with E-state index in [1.807, 2.05) is 0 Å². The fourth-order valence-electron chi connectivity index (χ4n) is 4.12. The number of aromatic nitrogens is 1. The Morgan fingerprint density at radius 1 is 0.677 bits per heavy atom. The predicted octanol–water partition coefficient (Wildman–Crippen LogP) is 7.29. The minimum Gasteiger partial charge on any atom is -0.256 e. The predicted molar refractivity (Wildman–Crippen MR) is 137 cm³/mol. The molecule has 0 unspecified atom stereocenters. The van der Waals surface area contributed by atoms with E-state index in [0.29, 0.717) is 0 Å². The average Bonchev–Trinajstić information content (AvgIpc) is 2.79. The molecule has 0 atom stereocenters. The number of hydrogen-bond donors (Lipinski definition) is 0. The van der Waals surface area contributed by atoms with Gasteiger partial charge in [0.2, 0.25) is 0 Å². The maximum atomic E-state index is 4.88. The molecule has 0 aliphatic rings. The van der Waals surface area contributed by atoms with Crippen molar-refractivity contribution in [3.05, 3.63) is 108 Å². The molecule has 1 aromatic heterocycles. The molecular formula is C29H31NSi. The van der Waals surface area contributed by atoms with Crippen LogP contribution in [0.2, 0.25) is 19.6 Å². The third-order valence-electron chi connectivity index (χ3n) is 6.20. The van der Waals surface area contributed by atoms with Gasteiger partial charge in [0, 0.05) is 17.2 Å². The topological polar surface area (TPSA) is 12.9 Å². The summed E-state index contributed by atoms with van der Waals surface area (Å²) in [5.74, 6) is 0. The van der Waals surface area contributed by atoms with Gasteiger partial charge >= 0.3 is 0 Å². The Morgan fingerprint density at radius 2 is 1.35 bits per heavy atom. The summed E-state index contributed by atoms with van der Waals surface area (Å²) in [4.78, 5) is 4.88. The Kier molecular flexibility index (Phi) is 5.68. The second-order valence-electron chi connectivity index (χ2n) is 9.80. The van der Waals surface area contributed by atoms with Crippen molar-refractivity contribution in [3.8, 4) is 22.4 Å². The van der Waals surface area contributed by atoms with Gasteiger partial charge in [0.15, 0.2) is 0 Å². The van der Waals surface area contributed by atoms with Crippen LogP contribution in [0.15, 0.2) is 97.2 Å². The van der Waals surface area contributed by atoms with Gasteiger partial charge in [-0.1, -0.05) is 118 Å². The van der Waals surface area contributed by atoms with Crippen molar-refractivity contribution in [3.63, 3.8) is 0 Å². The molecule has 0 fully saturated rings. The van der Waals surface area contributed by atoms with Crippen molar-refractivity contribution in [1.82, 2.24) is 4.98 Å². The molecule has 4 rings (SSSR count). The highest BCUT2D eigenvalue weighted by atomic mass is 28.3. The molecule has 156 valence electrons. The lowest BCUT2D eigenvalue weighted by Crippen LogP contribution is -2.37. The lowest BCUT2D eigenvalue weighted by Gasteiger charge is -2.29. The van der Waals surface area contributed by atoms with Crippen LogP contribution in [-0.2, 0) is 5.41 Å². The molecule has 1 nitrogen and oxygen atoms in total. The molecule has 1 heterocycles. The molecule has 0 N–H and O–H groups in total. The second-order valence-corrected chi connectivity index (χ2v) is 14.9. The van der Waals surface area contributed by atoms with E-state index in [1.165, 1.54) is 33.0 Å². The summed E-state index contributed by atoms with van der Waals surface area (Å²) in [5, 5.41) is 1.39. The standard InChI is InChI=1S/C29H31NSi/c1-29(2,24-15-11-14-23(20-24)22-12-7-6-8-13-22)27-17-10-9-16-26(27)28-19-18-25(21-30-28)31(3,4)5/h6-21H,1-5H3. The summed E-state index contributed by atoms with van der Waals surface area (Å²) in [6.45, 7) is 11.7. The Bertz CT molecular complexity index is 1170. The summed E-state index contributed by atoms with van der Waals surface area (Å²) < 4.78 is 0. The maximum absolute atomic E-state index is 4.88. The number of hydrogen-bond acceptors (Lipinski definition) is 1. The molecule has 0 spiro atoms. The monoisotopic (exact) mass is 421 g/mol. The molecule has 0 saturated carbocycles. The van der Waals surface area contributed by atoms with Crippen LogP contribution in [-0.4, -0.2) is 13.1 Å². The highest BCUT2D eigenvalue weighted by Crippen LogP contribution is 2.38. The first-order valence-corrected chi connectivity index (χ1v) is 14.5. The van der Waals surface area contributed by atoms with Crippen molar-refractivity contribution in [2.45, 2.75) is 38.9 Å². The van der Waals surface area contributed by atoms with Crippen LogP contribution < -0.4 is 5.19 Å². The number of pyridine rings is 1. The van der Waals surface area contributed by atoms with E-state index in [1.54, 1.807) is 0 Å². The third-order valence-corrected chi connectivity index (χ3v) is 8.23. The zero-order valence-electron chi connectivity index (χ0n) is 19.2. The van der Waals surface area contributed by atoms with E-state index >= 15 is 0 Å². The fourth-order valence-corrected chi connectivity index (χ4v) is 5.16. The SMILES string of the molecule is CC(C)(c1cccc(-c2ccccc2)c1)c1ccccc1-c1ccc([Si](C)(C)C)cn1. The lowest BCUT2D eigenvalue weighted by atomic mass is 9.75. The Labute approximate surface area is 187 Å². The highest BCUT2D eigenvalue weighted by Gasteiger charge is 2.27. The summed E-state index contributed by atoms with van der Waals surface area (Å²) in [7, 11) is -1.36. The van der Waals surface area contributed by atoms with E-state index < -0.39 is 8.07 Å². The average molecular weight is 422 g/mol. The Balaban J connectivity index is 1.77. The second kappa shape index (κ2) is 8.28. The normalized spacial score (nSPS) is 12.0. The smallest absolute Gasteiger partial charge is 0.0796 e. The van der Waals surface area contributed by atoms with Crippen molar-refractivity contribution >= 4 is 13.3 Å². The van der Waals surface area contributed by atoms with Crippen LogP contribution in [0, 0.1) is 0 Å². The van der Waals surface area contributed by atoms with E-state index in [9.17, 15) is 0 Å². The summed E-state index contributed by atoms with van der Waals surface area (Å²) >= 11 is 0. The first-order valence-electron chi connectivity index (χ1n) is 11.0. The Morgan fingerprint density at radius 3 is 2.03 bits per heavy atom.